The average molecular weight is 404 g/mol. The van der Waals surface area contributed by atoms with Gasteiger partial charge in [-0.3, -0.25) is 0 Å². The lowest BCUT2D eigenvalue weighted by molar-refractivity contribution is -0.00605. The lowest BCUT2D eigenvalue weighted by Gasteiger charge is -2.14. The molecule has 1 aliphatic heterocycles. The molecule has 5 rings (SSSR count). The van der Waals surface area contributed by atoms with Crippen LogP contribution in [0, 0.1) is 5.82 Å². The minimum Gasteiger partial charge on any atom is -0.390 e. The largest absolute Gasteiger partial charge is 0.390 e. The number of halogens is 1. The molecule has 0 saturated carbocycles. The number of aromatic nitrogens is 3. The van der Waals surface area contributed by atoms with E-state index in [1.807, 2.05) is 48.0 Å². The molecule has 0 amide bonds. The second kappa shape index (κ2) is 7.51. The average Bonchev–Trinajstić information content (AvgIpc) is 3.31. The molecule has 0 radical (unpaired) electrons. The summed E-state index contributed by atoms with van der Waals surface area (Å²) in [4.78, 5) is 8.99. The molecule has 2 aromatic carbocycles. The summed E-state index contributed by atoms with van der Waals surface area (Å²) in [5.74, 6) is 0.325. The van der Waals surface area contributed by atoms with Gasteiger partial charge >= 0.3 is 0 Å². The Hall–Kier alpha value is -3.29. The fourth-order valence-corrected chi connectivity index (χ4v) is 3.88. The fraction of sp³-hybridized carbons (Fsp3) is 0.217. The molecule has 0 aliphatic carbocycles. The molecule has 3 atom stereocenters. The van der Waals surface area contributed by atoms with Gasteiger partial charge in [0, 0.05) is 23.9 Å². The minimum absolute atomic E-state index is 0.244. The zero-order valence-corrected chi connectivity index (χ0v) is 16.4. The van der Waals surface area contributed by atoms with Crippen molar-refractivity contribution in [1.29, 1.82) is 0 Å². The number of nitrogens with zero attached hydrogens (tertiary/aromatic N) is 3. The molecule has 7 heteroatoms. The second-order valence-electron chi connectivity index (χ2n) is 7.47. The SMILES string of the molecule is C[C@H]1O[C@@H](n2cc(-c3ccccc3)c3c(Nc4ccc(F)cc4)ncnc32)C[C@@H]1O. The van der Waals surface area contributed by atoms with Gasteiger partial charge in [-0.2, -0.15) is 0 Å². The molecule has 1 fully saturated rings. The first-order chi connectivity index (χ1) is 14.6. The van der Waals surface area contributed by atoms with Crippen molar-refractivity contribution in [1.82, 2.24) is 14.5 Å². The zero-order valence-electron chi connectivity index (χ0n) is 16.4. The van der Waals surface area contributed by atoms with Gasteiger partial charge in [-0.1, -0.05) is 30.3 Å². The Morgan fingerprint density at radius 1 is 1.10 bits per heavy atom. The number of rotatable bonds is 4. The normalized spacial score (nSPS) is 21.2. The van der Waals surface area contributed by atoms with Crippen LogP contribution in [0.2, 0.25) is 0 Å². The first kappa shape index (κ1) is 18.7. The lowest BCUT2D eigenvalue weighted by atomic mass is 10.1. The molecule has 2 aromatic heterocycles. The second-order valence-corrected chi connectivity index (χ2v) is 7.47. The van der Waals surface area contributed by atoms with E-state index < -0.39 is 6.10 Å². The van der Waals surface area contributed by atoms with Gasteiger partial charge in [0.25, 0.3) is 0 Å². The minimum atomic E-state index is -0.522. The molecule has 3 heterocycles. The third-order valence-electron chi connectivity index (χ3n) is 5.47. The molecule has 4 aromatic rings. The van der Waals surface area contributed by atoms with Gasteiger partial charge in [0.05, 0.1) is 17.6 Å². The summed E-state index contributed by atoms with van der Waals surface area (Å²) in [5.41, 5.74) is 3.40. The van der Waals surface area contributed by atoms with Crippen LogP contribution in [0.25, 0.3) is 22.2 Å². The van der Waals surface area contributed by atoms with Crippen LogP contribution in [0.5, 0.6) is 0 Å². The molecule has 6 nitrogen and oxygen atoms in total. The van der Waals surface area contributed by atoms with Crippen LogP contribution in [0.3, 0.4) is 0 Å². The van der Waals surface area contributed by atoms with Gasteiger partial charge in [-0.15, -0.1) is 0 Å². The maximum atomic E-state index is 13.3. The molecular formula is C23H21FN4O2. The van der Waals surface area contributed by atoms with Crippen molar-refractivity contribution < 1.29 is 14.2 Å². The summed E-state index contributed by atoms with van der Waals surface area (Å²) in [5, 5.41) is 14.3. The fourth-order valence-electron chi connectivity index (χ4n) is 3.88. The van der Waals surface area contributed by atoms with Crippen LogP contribution in [0.4, 0.5) is 15.9 Å². The monoisotopic (exact) mass is 404 g/mol. The molecule has 0 unspecified atom stereocenters. The van der Waals surface area contributed by atoms with E-state index in [9.17, 15) is 9.50 Å². The van der Waals surface area contributed by atoms with Gasteiger partial charge < -0.3 is 19.7 Å². The highest BCUT2D eigenvalue weighted by atomic mass is 19.1. The first-order valence-corrected chi connectivity index (χ1v) is 9.87. The zero-order chi connectivity index (χ0) is 20.7. The van der Waals surface area contributed by atoms with Gasteiger partial charge in [0.15, 0.2) is 0 Å². The van der Waals surface area contributed by atoms with E-state index in [0.29, 0.717) is 17.9 Å². The van der Waals surface area contributed by atoms with Gasteiger partial charge in [0.2, 0.25) is 0 Å². The topological polar surface area (TPSA) is 72.2 Å². The van der Waals surface area contributed by atoms with E-state index in [4.69, 9.17) is 4.74 Å². The molecule has 30 heavy (non-hydrogen) atoms. The summed E-state index contributed by atoms with van der Waals surface area (Å²) in [7, 11) is 0. The van der Waals surface area contributed by atoms with E-state index in [1.54, 1.807) is 12.1 Å². The molecule has 1 aliphatic rings. The van der Waals surface area contributed by atoms with Crippen molar-refractivity contribution in [2.24, 2.45) is 0 Å². The lowest BCUT2D eigenvalue weighted by Crippen LogP contribution is -2.15. The highest BCUT2D eigenvalue weighted by Gasteiger charge is 2.33. The van der Waals surface area contributed by atoms with E-state index >= 15 is 0 Å². The Morgan fingerprint density at radius 3 is 2.57 bits per heavy atom. The van der Waals surface area contributed by atoms with Crippen LogP contribution in [0.1, 0.15) is 19.6 Å². The van der Waals surface area contributed by atoms with Crippen molar-refractivity contribution in [2.75, 3.05) is 5.32 Å². The van der Waals surface area contributed by atoms with E-state index in [-0.39, 0.29) is 18.1 Å². The van der Waals surface area contributed by atoms with E-state index in [1.165, 1.54) is 18.5 Å². The summed E-state index contributed by atoms with van der Waals surface area (Å²) in [6, 6.07) is 16.1. The number of aliphatic hydroxyl groups excluding tert-OH is 1. The molecule has 0 bridgehead atoms. The number of hydrogen-bond acceptors (Lipinski definition) is 5. The van der Waals surface area contributed by atoms with Crippen molar-refractivity contribution in [3.05, 3.63) is 72.9 Å². The summed E-state index contributed by atoms with van der Waals surface area (Å²) >= 11 is 0. The molecule has 2 N–H and O–H groups in total. The third kappa shape index (κ3) is 3.32. The van der Waals surface area contributed by atoms with Crippen LogP contribution >= 0.6 is 0 Å². The molecule has 1 saturated heterocycles. The van der Waals surface area contributed by atoms with Crippen LogP contribution in [0.15, 0.2) is 67.1 Å². The molecule has 0 spiro atoms. The van der Waals surface area contributed by atoms with Crippen molar-refractivity contribution in [3.63, 3.8) is 0 Å². The number of fused-ring (bicyclic) bond motifs is 1. The maximum Gasteiger partial charge on any atom is 0.148 e. The van der Waals surface area contributed by atoms with Crippen LogP contribution in [-0.2, 0) is 4.74 Å². The number of benzene rings is 2. The van der Waals surface area contributed by atoms with Crippen molar-refractivity contribution >= 4 is 22.5 Å². The highest BCUT2D eigenvalue weighted by Crippen LogP contribution is 2.39. The van der Waals surface area contributed by atoms with Gasteiger partial charge in [0.1, 0.15) is 29.8 Å². The Labute approximate surface area is 173 Å². The number of ether oxygens (including phenoxy) is 1. The number of anilines is 2. The Bertz CT molecular complexity index is 1170. The van der Waals surface area contributed by atoms with E-state index in [2.05, 4.69) is 15.3 Å². The predicted molar refractivity (Wildman–Crippen MR) is 113 cm³/mol. The highest BCUT2D eigenvalue weighted by molar-refractivity contribution is 6.02. The predicted octanol–water partition coefficient (Wildman–Crippen LogP) is 4.65. The Morgan fingerprint density at radius 2 is 1.87 bits per heavy atom. The number of nitrogens with one attached hydrogen (secondary N) is 1. The third-order valence-corrected chi connectivity index (χ3v) is 5.47. The van der Waals surface area contributed by atoms with E-state index in [0.717, 1.165) is 22.2 Å². The van der Waals surface area contributed by atoms with Crippen LogP contribution < -0.4 is 5.32 Å². The van der Waals surface area contributed by atoms with Crippen molar-refractivity contribution in [3.8, 4) is 11.1 Å². The standard InChI is InChI=1S/C23H21FN4O2/c1-14-19(29)11-20(30-14)28-12-18(15-5-3-2-4-6-15)21-22(25-13-26-23(21)28)27-17-9-7-16(24)8-10-17/h2-10,12-14,19-20,29H,11H2,1H3,(H,25,26,27)/t14-,19+,20-/m1/s1. The Balaban J connectivity index is 1.67. The molecular weight excluding hydrogens is 383 g/mol. The summed E-state index contributed by atoms with van der Waals surface area (Å²) < 4.78 is 21.3. The Kier molecular flexibility index (Phi) is 4.69. The summed E-state index contributed by atoms with van der Waals surface area (Å²) in [6.45, 7) is 1.87. The smallest absolute Gasteiger partial charge is 0.148 e. The maximum absolute atomic E-state index is 13.3. The number of aliphatic hydroxyl groups is 1. The summed E-state index contributed by atoms with van der Waals surface area (Å²) in [6.07, 6.45) is 2.90. The number of hydrogen-bond donors (Lipinski definition) is 2. The van der Waals surface area contributed by atoms with Gasteiger partial charge in [-0.05, 0) is 36.8 Å². The first-order valence-electron chi connectivity index (χ1n) is 9.87. The molecule has 152 valence electrons. The van der Waals surface area contributed by atoms with Crippen molar-refractivity contribution in [2.45, 2.75) is 31.8 Å². The van der Waals surface area contributed by atoms with Gasteiger partial charge in [-0.25, -0.2) is 14.4 Å². The quantitative estimate of drug-likeness (QED) is 0.518. The van der Waals surface area contributed by atoms with Crippen LogP contribution in [-0.4, -0.2) is 31.8 Å².